The van der Waals surface area contributed by atoms with E-state index in [1.807, 2.05) is 41.1 Å². The van der Waals surface area contributed by atoms with E-state index in [2.05, 4.69) is 25.6 Å². The molecule has 120 valence electrons. The Hall–Kier alpha value is -2.51. The number of nitrogens with zero attached hydrogens (tertiary/aromatic N) is 2. The van der Waals surface area contributed by atoms with Gasteiger partial charge >= 0.3 is 0 Å². The van der Waals surface area contributed by atoms with Gasteiger partial charge in [-0.15, -0.1) is 11.3 Å². The van der Waals surface area contributed by atoms with Crippen LogP contribution in [0.15, 0.2) is 46.5 Å². The smallest absolute Gasteiger partial charge is 0.226 e. The highest BCUT2D eigenvalue weighted by Gasteiger charge is 2.10. The van der Waals surface area contributed by atoms with Crippen molar-refractivity contribution >= 4 is 39.6 Å². The van der Waals surface area contributed by atoms with Crippen LogP contribution in [-0.4, -0.2) is 20.9 Å². The monoisotopic (exact) mass is 354 g/mol. The van der Waals surface area contributed by atoms with E-state index in [1.54, 1.807) is 22.7 Å². The van der Waals surface area contributed by atoms with Crippen LogP contribution in [0.25, 0.3) is 21.6 Å². The number of imidazole rings is 1. The van der Waals surface area contributed by atoms with Crippen molar-refractivity contribution in [2.45, 2.75) is 13.0 Å². The molecule has 4 rings (SSSR count). The molecule has 0 aliphatic heterocycles. The molecule has 0 saturated heterocycles. The minimum atomic E-state index is -0.0578. The average molecular weight is 354 g/mol. The fourth-order valence-corrected chi connectivity index (χ4v) is 3.94. The summed E-state index contributed by atoms with van der Waals surface area (Å²) in [4.78, 5) is 24.3. The standard InChI is InChI=1S/C17H14N4OS2/c22-16(7-12-10-24-17(19-12)11-5-6-23-9-11)18-8-15-20-13-3-1-2-4-14(13)21-15/h1-6,9-10H,7-8H2,(H,18,22)(H,20,21). The van der Waals surface area contributed by atoms with Gasteiger partial charge in [-0.2, -0.15) is 11.3 Å². The first-order chi connectivity index (χ1) is 11.8. The Morgan fingerprint density at radius 1 is 1.17 bits per heavy atom. The van der Waals surface area contributed by atoms with Crippen LogP contribution in [0.3, 0.4) is 0 Å². The number of aromatic nitrogens is 3. The van der Waals surface area contributed by atoms with Crippen molar-refractivity contribution in [1.29, 1.82) is 0 Å². The number of carbonyl (C=O) groups excluding carboxylic acids is 1. The number of benzene rings is 1. The third kappa shape index (κ3) is 3.22. The second kappa shape index (κ2) is 6.54. The Balaban J connectivity index is 1.36. The number of thiophene rings is 1. The maximum absolute atomic E-state index is 12.1. The van der Waals surface area contributed by atoms with Crippen LogP contribution in [0.1, 0.15) is 11.5 Å². The quantitative estimate of drug-likeness (QED) is 0.575. The minimum absolute atomic E-state index is 0.0578. The molecule has 3 aromatic heterocycles. The topological polar surface area (TPSA) is 70.7 Å². The first-order valence-corrected chi connectivity index (χ1v) is 9.27. The molecule has 24 heavy (non-hydrogen) atoms. The van der Waals surface area contributed by atoms with Crippen LogP contribution in [0, 0.1) is 0 Å². The summed E-state index contributed by atoms with van der Waals surface area (Å²) in [5, 5.41) is 9.86. The van der Waals surface area contributed by atoms with Crippen molar-refractivity contribution in [3.8, 4) is 10.6 Å². The lowest BCUT2D eigenvalue weighted by molar-refractivity contribution is -0.120. The van der Waals surface area contributed by atoms with Gasteiger partial charge in [0.05, 0.1) is 29.7 Å². The van der Waals surface area contributed by atoms with Crippen LogP contribution in [0.4, 0.5) is 0 Å². The van der Waals surface area contributed by atoms with Crippen LogP contribution >= 0.6 is 22.7 Å². The van der Waals surface area contributed by atoms with Crippen LogP contribution < -0.4 is 5.32 Å². The van der Waals surface area contributed by atoms with Gasteiger partial charge in [-0.25, -0.2) is 9.97 Å². The number of amides is 1. The van der Waals surface area contributed by atoms with E-state index in [9.17, 15) is 4.79 Å². The van der Waals surface area contributed by atoms with E-state index in [1.165, 1.54) is 0 Å². The fraction of sp³-hybridized carbons (Fsp3) is 0.118. The van der Waals surface area contributed by atoms with Crippen molar-refractivity contribution in [3.05, 3.63) is 58.0 Å². The van der Waals surface area contributed by atoms with Crippen LogP contribution in [0.2, 0.25) is 0 Å². The first kappa shape index (κ1) is 15.0. The molecule has 1 aromatic carbocycles. The Kier molecular flexibility index (Phi) is 4.10. The van der Waals surface area contributed by atoms with Crippen molar-refractivity contribution in [1.82, 2.24) is 20.3 Å². The normalized spacial score (nSPS) is 11.0. The van der Waals surface area contributed by atoms with E-state index in [4.69, 9.17) is 0 Å². The number of hydrogen-bond donors (Lipinski definition) is 2. The summed E-state index contributed by atoms with van der Waals surface area (Å²) in [6.45, 7) is 0.384. The minimum Gasteiger partial charge on any atom is -0.349 e. The predicted molar refractivity (Wildman–Crippen MR) is 97.1 cm³/mol. The second-order valence-electron chi connectivity index (χ2n) is 5.31. The average Bonchev–Trinajstić information content (AvgIpc) is 3.32. The Morgan fingerprint density at radius 2 is 2.08 bits per heavy atom. The number of nitrogens with one attached hydrogen (secondary N) is 2. The van der Waals surface area contributed by atoms with Gasteiger partial charge < -0.3 is 10.3 Å². The maximum atomic E-state index is 12.1. The van der Waals surface area contributed by atoms with E-state index in [-0.39, 0.29) is 12.3 Å². The molecular weight excluding hydrogens is 340 g/mol. The zero-order valence-electron chi connectivity index (χ0n) is 12.7. The highest BCUT2D eigenvalue weighted by atomic mass is 32.1. The van der Waals surface area contributed by atoms with Gasteiger partial charge in [0, 0.05) is 16.3 Å². The number of para-hydroxylation sites is 2. The highest BCUT2D eigenvalue weighted by Crippen LogP contribution is 2.25. The summed E-state index contributed by atoms with van der Waals surface area (Å²) in [5.74, 6) is 0.694. The number of hydrogen-bond acceptors (Lipinski definition) is 5. The van der Waals surface area contributed by atoms with E-state index in [0.717, 1.165) is 33.1 Å². The van der Waals surface area contributed by atoms with Crippen LogP contribution in [-0.2, 0) is 17.8 Å². The van der Waals surface area contributed by atoms with Gasteiger partial charge in [-0.1, -0.05) is 12.1 Å². The molecule has 0 radical (unpaired) electrons. The maximum Gasteiger partial charge on any atom is 0.226 e. The molecule has 7 heteroatoms. The molecule has 0 unspecified atom stereocenters. The zero-order chi connectivity index (χ0) is 16.4. The molecule has 0 saturated carbocycles. The number of fused-ring (bicyclic) bond motifs is 1. The number of thiazole rings is 1. The summed E-state index contributed by atoms with van der Waals surface area (Å²) < 4.78 is 0. The fourth-order valence-electron chi connectivity index (χ4n) is 2.41. The molecule has 3 heterocycles. The second-order valence-corrected chi connectivity index (χ2v) is 6.95. The predicted octanol–water partition coefficient (Wildman–Crippen LogP) is 3.61. The molecule has 1 amide bonds. The van der Waals surface area contributed by atoms with Crippen molar-refractivity contribution in [3.63, 3.8) is 0 Å². The zero-order valence-corrected chi connectivity index (χ0v) is 14.3. The van der Waals surface area contributed by atoms with Gasteiger partial charge in [-0.05, 0) is 23.6 Å². The molecule has 0 aliphatic rings. The molecule has 0 aliphatic carbocycles. The van der Waals surface area contributed by atoms with Crippen molar-refractivity contribution in [2.24, 2.45) is 0 Å². The number of carbonyl (C=O) groups is 1. The van der Waals surface area contributed by atoms with Gasteiger partial charge in [0.1, 0.15) is 10.8 Å². The SMILES string of the molecule is O=C(Cc1csc(-c2ccsc2)n1)NCc1nc2ccccc2[nH]1. The molecule has 0 spiro atoms. The Labute approximate surface area is 146 Å². The third-order valence-electron chi connectivity index (χ3n) is 3.55. The largest absolute Gasteiger partial charge is 0.349 e. The number of rotatable bonds is 5. The van der Waals surface area contributed by atoms with Gasteiger partial charge in [0.2, 0.25) is 5.91 Å². The third-order valence-corrected chi connectivity index (χ3v) is 5.18. The molecule has 0 fully saturated rings. The van der Waals surface area contributed by atoms with E-state index < -0.39 is 0 Å². The molecular formula is C17H14N4OS2. The lowest BCUT2D eigenvalue weighted by Gasteiger charge is -2.01. The molecule has 0 bridgehead atoms. The lowest BCUT2D eigenvalue weighted by atomic mass is 10.3. The Bertz CT molecular complexity index is 938. The summed E-state index contributed by atoms with van der Waals surface area (Å²) in [7, 11) is 0. The van der Waals surface area contributed by atoms with Crippen LogP contribution in [0.5, 0.6) is 0 Å². The summed E-state index contributed by atoms with van der Waals surface area (Å²) in [5.41, 5.74) is 3.78. The molecule has 4 aromatic rings. The summed E-state index contributed by atoms with van der Waals surface area (Å²) in [6, 6.07) is 9.84. The summed E-state index contributed by atoms with van der Waals surface area (Å²) in [6.07, 6.45) is 0.279. The van der Waals surface area contributed by atoms with Crippen molar-refractivity contribution in [2.75, 3.05) is 0 Å². The Morgan fingerprint density at radius 3 is 2.92 bits per heavy atom. The van der Waals surface area contributed by atoms with Crippen molar-refractivity contribution < 1.29 is 4.79 Å². The molecule has 2 N–H and O–H groups in total. The molecule has 0 atom stereocenters. The molecule has 5 nitrogen and oxygen atoms in total. The first-order valence-electron chi connectivity index (χ1n) is 7.45. The highest BCUT2D eigenvalue weighted by molar-refractivity contribution is 7.14. The van der Waals surface area contributed by atoms with Gasteiger partial charge in [-0.3, -0.25) is 4.79 Å². The van der Waals surface area contributed by atoms with Gasteiger partial charge in [0.25, 0.3) is 0 Å². The van der Waals surface area contributed by atoms with E-state index in [0.29, 0.717) is 6.54 Å². The lowest BCUT2D eigenvalue weighted by Crippen LogP contribution is -2.25. The number of aromatic amines is 1. The summed E-state index contributed by atoms with van der Waals surface area (Å²) >= 11 is 3.21. The number of H-pyrrole nitrogens is 1. The van der Waals surface area contributed by atoms with E-state index >= 15 is 0 Å². The van der Waals surface area contributed by atoms with Gasteiger partial charge in [0.15, 0.2) is 0 Å².